The number of hydrogen-bond donors (Lipinski definition) is 2. The normalized spacial score (nSPS) is 21.4. The molecule has 106 valence electrons. The van der Waals surface area contributed by atoms with Crippen molar-refractivity contribution >= 4 is 5.91 Å². The minimum atomic E-state index is -0.798. The average molecular weight is 273 g/mol. The Morgan fingerprint density at radius 2 is 2.20 bits per heavy atom. The highest BCUT2D eigenvalue weighted by atomic mass is 16.3. The van der Waals surface area contributed by atoms with Gasteiger partial charge in [0.1, 0.15) is 0 Å². The molecule has 0 radical (unpaired) electrons. The summed E-state index contributed by atoms with van der Waals surface area (Å²) >= 11 is 0. The van der Waals surface area contributed by atoms with Crippen LogP contribution in [0.3, 0.4) is 0 Å². The number of nitrogens with zero attached hydrogens (tertiary/aromatic N) is 1. The Labute approximate surface area is 119 Å². The lowest BCUT2D eigenvalue weighted by molar-refractivity contribution is 0.0572. The van der Waals surface area contributed by atoms with Crippen molar-refractivity contribution in [2.75, 3.05) is 19.7 Å². The predicted octanol–water partition coefficient (Wildman–Crippen LogP) is 1.02. The third-order valence-corrected chi connectivity index (χ3v) is 3.36. The minimum Gasteiger partial charge on any atom is -0.395 e. The van der Waals surface area contributed by atoms with Crippen molar-refractivity contribution in [1.82, 2.24) is 4.90 Å². The third-order valence-electron chi connectivity index (χ3n) is 3.36. The maximum Gasteiger partial charge on any atom is 0.255 e. The number of carbonyl (C=O) groups excluding carboxylic acids is 1. The predicted molar refractivity (Wildman–Crippen MR) is 76.2 cm³/mol. The van der Waals surface area contributed by atoms with Crippen molar-refractivity contribution in [2.45, 2.75) is 25.4 Å². The van der Waals surface area contributed by atoms with Gasteiger partial charge in [-0.05, 0) is 25.5 Å². The first-order chi connectivity index (χ1) is 9.53. The van der Waals surface area contributed by atoms with E-state index in [0.29, 0.717) is 37.1 Å². The third kappa shape index (κ3) is 3.38. The number of rotatable bonds is 2. The fourth-order valence-electron chi connectivity index (χ4n) is 2.28. The highest BCUT2D eigenvalue weighted by molar-refractivity contribution is 5.97. The molecule has 1 aromatic rings. The molecule has 0 saturated carbocycles. The second kappa shape index (κ2) is 6.08. The van der Waals surface area contributed by atoms with E-state index in [9.17, 15) is 9.90 Å². The molecule has 0 bridgehead atoms. The molecule has 0 aliphatic carbocycles. The van der Waals surface area contributed by atoms with E-state index in [1.165, 1.54) is 0 Å². The Balaban J connectivity index is 2.21. The molecule has 1 aliphatic rings. The SMILES string of the molecule is CC1(O)CCN(C(=O)c2ccccc2C#CCCO)C1. The molecule has 1 atom stereocenters. The summed E-state index contributed by atoms with van der Waals surface area (Å²) in [6.07, 6.45) is 0.984. The summed E-state index contributed by atoms with van der Waals surface area (Å²) in [4.78, 5) is 14.1. The molecule has 0 aromatic heterocycles. The molecule has 1 amide bonds. The lowest BCUT2D eigenvalue weighted by atomic mass is 10.1. The standard InChI is InChI=1S/C16H19NO3/c1-16(20)9-10-17(12-16)15(19)14-8-3-2-6-13(14)7-4-5-11-18/h2-3,6,8,18,20H,5,9-12H2,1H3. The van der Waals surface area contributed by atoms with Gasteiger partial charge in [0.25, 0.3) is 5.91 Å². The monoisotopic (exact) mass is 273 g/mol. The van der Waals surface area contributed by atoms with Gasteiger partial charge in [-0.25, -0.2) is 0 Å². The van der Waals surface area contributed by atoms with Gasteiger partial charge in [0.2, 0.25) is 0 Å². The smallest absolute Gasteiger partial charge is 0.255 e. The van der Waals surface area contributed by atoms with Crippen LogP contribution in [0.5, 0.6) is 0 Å². The van der Waals surface area contributed by atoms with E-state index in [0.717, 1.165) is 0 Å². The van der Waals surface area contributed by atoms with Crippen molar-refractivity contribution in [3.8, 4) is 11.8 Å². The zero-order chi connectivity index (χ0) is 14.6. The van der Waals surface area contributed by atoms with Crippen LogP contribution < -0.4 is 0 Å². The number of amides is 1. The van der Waals surface area contributed by atoms with E-state index in [2.05, 4.69) is 11.8 Å². The first-order valence-corrected chi connectivity index (χ1v) is 6.74. The van der Waals surface area contributed by atoms with Gasteiger partial charge in [0.05, 0.1) is 17.8 Å². The Morgan fingerprint density at radius 1 is 1.45 bits per heavy atom. The van der Waals surface area contributed by atoms with Crippen molar-refractivity contribution < 1.29 is 15.0 Å². The second-order valence-electron chi connectivity index (χ2n) is 5.29. The largest absolute Gasteiger partial charge is 0.395 e. The summed E-state index contributed by atoms with van der Waals surface area (Å²) in [7, 11) is 0. The lowest BCUT2D eigenvalue weighted by Gasteiger charge is -2.19. The van der Waals surface area contributed by atoms with E-state index in [4.69, 9.17) is 5.11 Å². The van der Waals surface area contributed by atoms with E-state index in [1.807, 2.05) is 6.07 Å². The number of β-amino-alcohol motifs (C(OH)–C–C–N with tert-alkyl or cyclic N) is 1. The van der Waals surface area contributed by atoms with Crippen LogP contribution in [0, 0.1) is 11.8 Å². The summed E-state index contributed by atoms with van der Waals surface area (Å²) in [5.41, 5.74) is 0.417. The number of aliphatic hydroxyl groups is 2. The summed E-state index contributed by atoms with van der Waals surface area (Å²) in [6.45, 7) is 2.67. The molecule has 1 fully saturated rings. The van der Waals surface area contributed by atoms with E-state index >= 15 is 0 Å². The summed E-state index contributed by atoms with van der Waals surface area (Å²) in [6, 6.07) is 7.18. The Hall–Kier alpha value is -1.83. The molecule has 2 rings (SSSR count). The quantitative estimate of drug-likeness (QED) is 0.791. The van der Waals surface area contributed by atoms with Gasteiger partial charge in [-0.1, -0.05) is 24.0 Å². The number of benzene rings is 1. The minimum absolute atomic E-state index is 0.0120. The maximum atomic E-state index is 12.5. The van der Waals surface area contributed by atoms with Gasteiger partial charge in [-0.2, -0.15) is 0 Å². The molecule has 4 heteroatoms. The Kier molecular flexibility index (Phi) is 4.43. The number of carbonyl (C=O) groups is 1. The molecule has 1 saturated heterocycles. The van der Waals surface area contributed by atoms with Gasteiger partial charge in [-0.3, -0.25) is 4.79 Å². The van der Waals surface area contributed by atoms with Crippen molar-refractivity contribution in [3.63, 3.8) is 0 Å². The molecule has 0 spiro atoms. The van der Waals surface area contributed by atoms with Crippen LogP contribution in [0.4, 0.5) is 0 Å². The van der Waals surface area contributed by atoms with Crippen LogP contribution in [-0.4, -0.2) is 46.3 Å². The first kappa shape index (κ1) is 14.6. The number of likely N-dealkylation sites (tertiary alicyclic amines) is 1. The summed E-state index contributed by atoms with van der Waals surface area (Å²) in [5, 5.41) is 18.7. The zero-order valence-corrected chi connectivity index (χ0v) is 11.6. The summed E-state index contributed by atoms with van der Waals surface area (Å²) < 4.78 is 0. The van der Waals surface area contributed by atoms with Gasteiger partial charge in [0, 0.05) is 25.1 Å². The van der Waals surface area contributed by atoms with Gasteiger partial charge in [-0.15, -0.1) is 0 Å². The molecule has 20 heavy (non-hydrogen) atoms. The molecular formula is C16H19NO3. The van der Waals surface area contributed by atoms with Gasteiger partial charge < -0.3 is 15.1 Å². The molecular weight excluding hydrogens is 254 g/mol. The summed E-state index contributed by atoms with van der Waals surface area (Å²) in [5.74, 6) is 5.65. The topological polar surface area (TPSA) is 60.8 Å². The Bertz CT molecular complexity index is 554. The molecule has 4 nitrogen and oxygen atoms in total. The van der Waals surface area contributed by atoms with Crippen LogP contribution in [-0.2, 0) is 0 Å². The van der Waals surface area contributed by atoms with Gasteiger partial charge >= 0.3 is 0 Å². The second-order valence-corrected chi connectivity index (χ2v) is 5.29. The fourth-order valence-corrected chi connectivity index (χ4v) is 2.28. The Morgan fingerprint density at radius 3 is 2.85 bits per heavy atom. The number of aliphatic hydroxyl groups excluding tert-OH is 1. The van der Waals surface area contributed by atoms with Crippen molar-refractivity contribution in [2.24, 2.45) is 0 Å². The van der Waals surface area contributed by atoms with Crippen LogP contribution >= 0.6 is 0 Å². The zero-order valence-electron chi connectivity index (χ0n) is 11.6. The van der Waals surface area contributed by atoms with Crippen LogP contribution in [0.15, 0.2) is 24.3 Å². The van der Waals surface area contributed by atoms with E-state index < -0.39 is 5.60 Å². The molecule has 1 unspecified atom stereocenters. The molecule has 1 heterocycles. The molecule has 1 aromatic carbocycles. The highest BCUT2D eigenvalue weighted by Crippen LogP contribution is 2.23. The van der Waals surface area contributed by atoms with Crippen LogP contribution in [0.25, 0.3) is 0 Å². The fraction of sp³-hybridized carbons (Fsp3) is 0.438. The van der Waals surface area contributed by atoms with E-state index in [-0.39, 0.29) is 12.5 Å². The first-order valence-electron chi connectivity index (χ1n) is 6.74. The van der Waals surface area contributed by atoms with Crippen LogP contribution in [0.2, 0.25) is 0 Å². The number of hydrogen-bond acceptors (Lipinski definition) is 3. The van der Waals surface area contributed by atoms with Crippen molar-refractivity contribution in [1.29, 1.82) is 0 Å². The molecule has 1 aliphatic heterocycles. The molecule has 2 N–H and O–H groups in total. The lowest BCUT2D eigenvalue weighted by Crippen LogP contribution is -2.34. The van der Waals surface area contributed by atoms with Gasteiger partial charge in [0.15, 0.2) is 0 Å². The maximum absolute atomic E-state index is 12.5. The van der Waals surface area contributed by atoms with Crippen molar-refractivity contribution in [3.05, 3.63) is 35.4 Å². The highest BCUT2D eigenvalue weighted by Gasteiger charge is 2.34. The van der Waals surface area contributed by atoms with E-state index in [1.54, 1.807) is 30.0 Å². The average Bonchev–Trinajstić information content (AvgIpc) is 2.79. The van der Waals surface area contributed by atoms with Crippen LogP contribution in [0.1, 0.15) is 35.7 Å².